The van der Waals surface area contributed by atoms with E-state index in [1.807, 2.05) is 42.0 Å². The van der Waals surface area contributed by atoms with E-state index in [0.717, 1.165) is 17.2 Å². The molecule has 0 fully saturated rings. The van der Waals surface area contributed by atoms with Gasteiger partial charge in [0.1, 0.15) is 10.7 Å². The summed E-state index contributed by atoms with van der Waals surface area (Å²) in [5.41, 5.74) is 1.23. The summed E-state index contributed by atoms with van der Waals surface area (Å²) in [4.78, 5) is 22.2. The van der Waals surface area contributed by atoms with Crippen LogP contribution in [0.1, 0.15) is 11.4 Å². The van der Waals surface area contributed by atoms with Crippen LogP contribution in [0, 0.1) is 0 Å². The van der Waals surface area contributed by atoms with Crippen LogP contribution in [0.3, 0.4) is 0 Å². The summed E-state index contributed by atoms with van der Waals surface area (Å²) in [5.74, 6) is 1.63. The highest BCUT2D eigenvalue weighted by Crippen LogP contribution is 2.23. The van der Waals surface area contributed by atoms with Gasteiger partial charge in [0.2, 0.25) is 0 Å². The second-order valence-corrected chi connectivity index (χ2v) is 7.48. The van der Waals surface area contributed by atoms with Crippen molar-refractivity contribution in [1.29, 1.82) is 0 Å². The van der Waals surface area contributed by atoms with Gasteiger partial charge in [0.25, 0.3) is 5.56 Å². The van der Waals surface area contributed by atoms with Crippen LogP contribution in [0.15, 0.2) is 64.1 Å². The molecule has 0 bridgehead atoms. The Kier molecular flexibility index (Phi) is 4.42. The first-order valence-electron chi connectivity index (χ1n) is 7.83. The highest BCUT2D eigenvalue weighted by atomic mass is 32.2. The van der Waals surface area contributed by atoms with Crippen LogP contribution in [0.4, 0.5) is 0 Å². The summed E-state index contributed by atoms with van der Waals surface area (Å²) in [6.07, 6.45) is 3.80. The van der Waals surface area contributed by atoms with Crippen molar-refractivity contribution in [3.05, 3.63) is 75.9 Å². The van der Waals surface area contributed by atoms with Crippen LogP contribution in [0.2, 0.25) is 0 Å². The second kappa shape index (κ2) is 6.85. The van der Waals surface area contributed by atoms with Gasteiger partial charge >= 0.3 is 0 Å². The molecule has 7 heteroatoms. The summed E-state index contributed by atoms with van der Waals surface area (Å²) in [5, 5.41) is 3.30. The van der Waals surface area contributed by atoms with Crippen molar-refractivity contribution in [1.82, 2.24) is 19.1 Å². The summed E-state index contributed by atoms with van der Waals surface area (Å²) < 4.78 is 3.74. The second-order valence-electron chi connectivity index (χ2n) is 5.64. The van der Waals surface area contributed by atoms with Gasteiger partial charge in [-0.25, -0.2) is 9.97 Å². The van der Waals surface area contributed by atoms with Gasteiger partial charge in [-0.15, -0.1) is 11.3 Å². The minimum Gasteiger partial charge on any atom is -0.330 e. The van der Waals surface area contributed by atoms with E-state index in [0.29, 0.717) is 16.3 Å². The first-order chi connectivity index (χ1) is 12.2. The van der Waals surface area contributed by atoms with Crippen molar-refractivity contribution in [2.45, 2.75) is 17.5 Å². The molecule has 4 rings (SSSR count). The number of nitrogens with zero attached hydrogens (tertiary/aromatic N) is 4. The van der Waals surface area contributed by atoms with Crippen molar-refractivity contribution in [2.75, 3.05) is 0 Å². The lowest BCUT2D eigenvalue weighted by atomic mass is 10.2. The molecule has 0 unspecified atom stereocenters. The molecule has 4 aromatic rings. The molecule has 0 saturated carbocycles. The van der Waals surface area contributed by atoms with Gasteiger partial charge in [-0.3, -0.25) is 9.36 Å². The van der Waals surface area contributed by atoms with Crippen molar-refractivity contribution in [3.63, 3.8) is 0 Å². The molecule has 0 saturated heterocycles. The average molecular weight is 368 g/mol. The SMILES string of the molecule is Cn1c(SCc2nccn2Cc2ccccc2)nc2sccc2c1=O. The average Bonchev–Trinajstić information content (AvgIpc) is 3.27. The maximum absolute atomic E-state index is 12.4. The topological polar surface area (TPSA) is 52.7 Å². The fourth-order valence-corrected chi connectivity index (χ4v) is 4.39. The number of aromatic nitrogens is 4. The summed E-state index contributed by atoms with van der Waals surface area (Å²) in [7, 11) is 1.77. The van der Waals surface area contributed by atoms with E-state index in [-0.39, 0.29) is 5.56 Å². The molecule has 3 heterocycles. The maximum atomic E-state index is 12.4. The molecule has 5 nitrogen and oxygen atoms in total. The van der Waals surface area contributed by atoms with E-state index in [4.69, 9.17) is 0 Å². The van der Waals surface area contributed by atoms with E-state index >= 15 is 0 Å². The summed E-state index contributed by atoms with van der Waals surface area (Å²) in [6.45, 7) is 0.785. The number of benzene rings is 1. The Morgan fingerprint density at radius 3 is 2.88 bits per heavy atom. The zero-order valence-corrected chi connectivity index (χ0v) is 15.3. The molecule has 3 aromatic heterocycles. The molecular weight excluding hydrogens is 352 g/mol. The zero-order valence-electron chi connectivity index (χ0n) is 13.6. The zero-order chi connectivity index (χ0) is 17.2. The van der Waals surface area contributed by atoms with Gasteiger partial charge in [0, 0.05) is 26.0 Å². The standard InChI is InChI=1S/C18H16N4OS2/c1-21-17(23)14-7-10-24-16(14)20-18(21)25-12-15-19-8-9-22(15)11-13-5-3-2-4-6-13/h2-10H,11-12H2,1H3. The van der Waals surface area contributed by atoms with E-state index in [9.17, 15) is 4.79 Å². The summed E-state index contributed by atoms with van der Waals surface area (Å²) >= 11 is 3.03. The van der Waals surface area contributed by atoms with Crippen LogP contribution in [0.25, 0.3) is 10.2 Å². The highest BCUT2D eigenvalue weighted by molar-refractivity contribution is 7.98. The third kappa shape index (κ3) is 3.25. The largest absolute Gasteiger partial charge is 0.330 e. The number of thiophene rings is 1. The van der Waals surface area contributed by atoms with Crippen molar-refractivity contribution < 1.29 is 0 Å². The predicted octanol–water partition coefficient (Wildman–Crippen LogP) is 3.53. The highest BCUT2D eigenvalue weighted by Gasteiger charge is 2.11. The quantitative estimate of drug-likeness (QED) is 0.399. The van der Waals surface area contributed by atoms with Gasteiger partial charge in [0.15, 0.2) is 5.16 Å². The van der Waals surface area contributed by atoms with E-state index in [1.54, 1.807) is 11.6 Å². The molecule has 0 amide bonds. The van der Waals surface area contributed by atoms with Gasteiger partial charge in [-0.2, -0.15) is 0 Å². The molecule has 0 aliphatic rings. The Balaban J connectivity index is 1.56. The molecule has 25 heavy (non-hydrogen) atoms. The Hall–Kier alpha value is -2.38. The number of fused-ring (bicyclic) bond motifs is 1. The summed E-state index contributed by atoms with van der Waals surface area (Å²) in [6, 6.07) is 12.1. The van der Waals surface area contributed by atoms with Crippen molar-refractivity contribution in [3.8, 4) is 0 Å². The first kappa shape index (κ1) is 16.1. The number of hydrogen-bond donors (Lipinski definition) is 0. The van der Waals surface area contributed by atoms with E-state index in [1.165, 1.54) is 28.7 Å². The van der Waals surface area contributed by atoms with E-state index < -0.39 is 0 Å². The van der Waals surface area contributed by atoms with Crippen molar-refractivity contribution >= 4 is 33.3 Å². The monoisotopic (exact) mass is 368 g/mol. The predicted molar refractivity (Wildman–Crippen MR) is 102 cm³/mol. The maximum Gasteiger partial charge on any atom is 0.262 e. The smallest absolute Gasteiger partial charge is 0.262 e. The minimum atomic E-state index is 0.00128. The van der Waals surface area contributed by atoms with Crippen LogP contribution >= 0.6 is 23.1 Å². The normalized spacial score (nSPS) is 11.2. The Bertz CT molecular complexity index is 1070. The third-order valence-corrected chi connectivity index (χ3v) is 5.82. The number of hydrogen-bond acceptors (Lipinski definition) is 5. The Morgan fingerprint density at radius 2 is 2.04 bits per heavy atom. The number of rotatable bonds is 5. The van der Waals surface area contributed by atoms with Crippen LogP contribution in [-0.4, -0.2) is 19.1 Å². The van der Waals surface area contributed by atoms with Crippen LogP contribution in [0.5, 0.6) is 0 Å². The third-order valence-electron chi connectivity index (χ3n) is 3.99. The molecule has 0 aliphatic carbocycles. The Labute approximate surface area is 153 Å². The lowest BCUT2D eigenvalue weighted by Gasteiger charge is -2.09. The fourth-order valence-electron chi connectivity index (χ4n) is 2.64. The van der Waals surface area contributed by atoms with Gasteiger partial charge in [0.05, 0.1) is 11.1 Å². The first-order valence-corrected chi connectivity index (χ1v) is 9.70. The number of thioether (sulfide) groups is 1. The van der Waals surface area contributed by atoms with Crippen molar-refractivity contribution in [2.24, 2.45) is 7.05 Å². The van der Waals surface area contributed by atoms with Crippen LogP contribution in [-0.2, 0) is 19.3 Å². The Morgan fingerprint density at radius 1 is 1.20 bits per heavy atom. The molecule has 0 atom stereocenters. The molecule has 0 radical (unpaired) electrons. The minimum absolute atomic E-state index is 0.00128. The fraction of sp³-hybridized carbons (Fsp3) is 0.167. The number of imidazole rings is 1. The van der Waals surface area contributed by atoms with E-state index in [2.05, 4.69) is 26.7 Å². The molecule has 0 spiro atoms. The van der Waals surface area contributed by atoms with Crippen LogP contribution < -0.4 is 5.56 Å². The lowest BCUT2D eigenvalue weighted by molar-refractivity contribution is 0.723. The molecule has 0 N–H and O–H groups in total. The van der Waals surface area contributed by atoms with Gasteiger partial charge in [-0.05, 0) is 17.0 Å². The lowest BCUT2D eigenvalue weighted by Crippen LogP contribution is -2.19. The molecular formula is C18H16N4OS2. The molecule has 0 aliphatic heterocycles. The molecule has 1 aromatic carbocycles. The molecule has 126 valence electrons. The van der Waals surface area contributed by atoms with Gasteiger partial charge < -0.3 is 4.57 Å². The van der Waals surface area contributed by atoms with Gasteiger partial charge in [-0.1, -0.05) is 42.1 Å².